The Kier molecular flexibility index (Phi) is 12.4. The zero-order valence-electron chi connectivity index (χ0n) is 26.6. The SMILES string of the molecule is CCOC(=O)C(N=C(c1ccccc1)c1ccccc1)C1CCC(F)(F)CC1.Cc1ccc(S(=O)(=O)OC2CCC(F)(F)CC2)cc1. The Morgan fingerprint density at radius 2 is 1.26 bits per heavy atom. The molecule has 3 aromatic carbocycles. The van der Waals surface area contributed by atoms with Crippen LogP contribution in [-0.4, -0.2) is 50.7 Å². The Bertz CT molecular complexity index is 1520. The second-order valence-corrected chi connectivity index (χ2v) is 13.6. The number of aliphatic imine (C=N–C) groups is 1. The molecule has 0 aromatic heterocycles. The standard InChI is InChI=1S/C23H25F2NO2.C13H16F2O3S/c1-2-28-22(27)21(19-13-15-23(24,25)16-14-19)26-20(17-9-5-3-6-10-17)18-11-7-4-8-12-18;1-10-2-4-12(5-3-10)19(16,17)18-11-6-8-13(14,15)9-7-11/h3-12,19,21H,2,13-16H2,1H3;2-5,11H,6-9H2,1H3. The lowest BCUT2D eigenvalue weighted by Gasteiger charge is -2.31. The number of ether oxygens (including phenoxy) is 1. The van der Waals surface area contributed by atoms with Crippen LogP contribution in [0.5, 0.6) is 0 Å². The van der Waals surface area contributed by atoms with Gasteiger partial charge < -0.3 is 4.74 Å². The first kappa shape index (κ1) is 36.3. The van der Waals surface area contributed by atoms with Gasteiger partial charge in [-0.3, -0.25) is 9.18 Å². The minimum absolute atomic E-state index is 0.0652. The number of carbonyl (C=O) groups is 1. The van der Waals surface area contributed by atoms with Crippen LogP contribution in [0.1, 0.15) is 75.0 Å². The van der Waals surface area contributed by atoms with Gasteiger partial charge in [0, 0.05) is 36.8 Å². The number of nitrogens with zero attached hydrogens (tertiary/aromatic N) is 1. The number of esters is 1. The smallest absolute Gasteiger partial charge is 0.331 e. The molecule has 2 fully saturated rings. The summed E-state index contributed by atoms with van der Waals surface area (Å²) >= 11 is 0. The van der Waals surface area contributed by atoms with E-state index in [0.717, 1.165) is 16.7 Å². The molecule has 6 nitrogen and oxygen atoms in total. The van der Waals surface area contributed by atoms with E-state index < -0.39 is 40.1 Å². The predicted molar refractivity (Wildman–Crippen MR) is 173 cm³/mol. The zero-order chi connectivity index (χ0) is 34.1. The van der Waals surface area contributed by atoms with Crippen molar-refractivity contribution in [2.24, 2.45) is 10.9 Å². The number of alkyl halides is 4. The van der Waals surface area contributed by atoms with E-state index in [4.69, 9.17) is 13.9 Å². The van der Waals surface area contributed by atoms with Gasteiger partial charge in [0.1, 0.15) is 0 Å². The maximum atomic E-state index is 13.6. The third-order valence-electron chi connectivity index (χ3n) is 8.34. The van der Waals surface area contributed by atoms with Crippen LogP contribution in [0, 0.1) is 12.8 Å². The van der Waals surface area contributed by atoms with Gasteiger partial charge in [-0.25, -0.2) is 22.4 Å². The fourth-order valence-electron chi connectivity index (χ4n) is 5.65. The highest BCUT2D eigenvalue weighted by Crippen LogP contribution is 2.39. The van der Waals surface area contributed by atoms with Crippen LogP contribution >= 0.6 is 0 Å². The summed E-state index contributed by atoms with van der Waals surface area (Å²) in [6.07, 6.45) is -1.05. The molecule has 0 amide bonds. The van der Waals surface area contributed by atoms with Gasteiger partial charge >= 0.3 is 5.97 Å². The van der Waals surface area contributed by atoms with Crippen LogP contribution in [-0.2, 0) is 23.8 Å². The van der Waals surface area contributed by atoms with Crippen molar-refractivity contribution >= 4 is 21.8 Å². The minimum Gasteiger partial charge on any atom is -0.464 e. The molecule has 5 rings (SSSR count). The molecule has 254 valence electrons. The second-order valence-electron chi connectivity index (χ2n) is 12.0. The summed E-state index contributed by atoms with van der Waals surface area (Å²) in [7, 11) is -3.86. The number of benzene rings is 3. The van der Waals surface area contributed by atoms with Gasteiger partial charge in [-0.2, -0.15) is 8.42 Å². The molecular formula is C36H41F4NO5S. The minimum atomic E-state index is -3.86. The lowest BCUT2D eigenvalue weighted by atomic mass is 9.82. The Labute approximate surface area is 274 Å². The molecule has 0 heterocycles. The molecule has 2 saturated carbocycles. The first-order valence-corrected chi connectivity index (χ1v) is 17.3. The summed E-state index contributed by atoms with van der Waals surface area (Å²) in [4.78, 5) is 17.6. The van der Waals surface area contributed by atoms with Crippen LogP contribution in [0.3, 0.4) is 0 Å². The molecule has 2 aliphatic rings. The summed E-state index contributed by atoms with van der Waals surface area (Å²) in [5, 5.41) is 0. The molecule has 3 aromatic rings. The fraction of sp³-hybridized carbons (Fsp3) is 0.444. The number of rotatable bonds is 9. The molecule has 2 aliphatic carbocycles. The van der Waals surface area contributed by atoms with Crippen molar-refractivity contribution in [3.05, 3.63) is 102 Å². The molecule has 47 heavy (non-hydrogen) atoms. The van der Waals surface area contributed by atoms with Gasteiger partial charge in [-0.1, -0.05) is 78.4 Å². The highest BCUT2D eigenvalue weighted by Gasteiger charge is 2.41. The summed E-state index contributed by atoms with van der Waals surface area (Å²) in [6, 6.07) is 24.7. The van der Waals surface area contributed by atoms with Crippen LogP contribution < -0.4 is 0 Å². The average molecular weight is 676 g/mol. The van der Waals surface area contributed by atoms with E-state index in [1.165, 1.54) is 12.1 Å². The Morgan fingerprint density at radius 1 is 0.787 bits per heavy atom. The van der Waals surface area contributed by atoms with Crippen molar-refractivity contribution in [2.75, 3.05) is 6.61 Å². The lowest BCUT2D eigenvalue weighted by Crippen LogP contribution is -2.36. The number of aryl methyl sites for hydroxylation is 1. The summed E-state index contributed by atoms with van der Waals surface area (Å²) in [5.41, 5.74) is 3.38. The van der Waals surface area contributed by atoms with E-state index in [2.05, 4.69) is 0 Å². The molecule has 0 bridgehead atoms. The largest absolute Gasteiger partial charge is 0.464 e. The number of hydrogen-bond acceptors (Lipinski definition) is 6. The highest BCUT2D eigenvalue weighted by molar-refractivity contribution is 7.86. The van der Waals surface area contributed by atoms with Gasteiger partial charge in [0.15, 0.2) is 6.04 Å². The monoisotopic (exact) mass is 675 g/mol. The van der Waals surface area contributed by atoms with E-state index in [1.807, 2.05) is 67.6 Å². The molecule has 1 unspecified atom stereocenters. The first-order valence-electron chi connectivity index (χ1n) is 15.9. The van der Waals surface area contributed by atoms with Crippen molar-refractivity contribution < 1.29 is 39.7 Å². The van der Waals surface area contributed by atoms with Crippen LogP contribution in [0.25, 0.3) is 0 Å². The maximum absolute atomic E-state index is 13.6. The van der Waals surface area contributed by atoms with Crippen molar-refractivity contribution in [1.82, 2.24) is 0 Å². The molecule has 0 N–H and O–H groups in total. The Morgan fingerprint density at radius 3 is 1.72 bits per heavy atom. The third kappa shape index (κ3) is 10.7. The van der Waals surface area contributed by atoms with Gasteiger partial charge in [-0.15, -0.1) is 0 Å². The van der Waals surface area contributed by atoms with Gasteiger partial charge in [0.25, 0.3) is 10.1 Å². The molecule has 1 atom stereocenters. The first-order chi connectivity index (χ1) is 22.3. The van der Waals surface area contributed by atoms with E-state index in [1.54, 1.807) is 19.1 Å². The van der Waals surface area contributed by atoms with Crippen LogP contribution in [0.2, 0.25) is 0 Å². The highest BCUT2D eigenvalue weighted by atomic mass is 32.2. The van der Waals surface area contributed by atoms with E-state index >= 15 is 0 Å². The van der Waals surface area contributed by atoms with E-state index in [9.17, 15) is 30.8 Å². The van der Waals surface area contributed by atoms with Crippen LogP contribution in [0.4, 0.5) is 17.6 Å². The van der Waals surface area contributed by atoms with Crippen molar-refractivity contribution in [3.63, 3.8) is 0 Å². The topological polar surface area (TPSA) is 82.0 Å². The summed E-state index contributed by atoms with van der Waals surface area (Å²) in [6.45, 7) is 3.82. The second kappa shape index (κ2) is 16.0. The van der Waals surface area contributed by atoms with Gasteiger partial charge in [-0.05, 0) is 57.6 Å². The summed E-state index contributed by atoms with van der Waals surface area (Å²) in [5.74, 6) is -6.03. The molecule has 0 saturated heterocycles. The van der Waals surface area contributed by atoms with Gasteiger partial charge in [0.05, 0.1) is 23.3 Å². The third-order valence-corrected chi connectivity index (χ3v) is 9.71. The molecule has 11 heteroatoms. The maximum Gasteiger partial charge on any atom is 0.331 e. The molecular weight excluding hydrogens is 634 g/mol. The normalized spacial score (nSPS) is 18.7. The van der Waals surface area contributed by atoms with Gasteiger partial charge in [0.2, 0.25) is 11.8 Å². The number of halogens is 4. The zero-order valence-corrected chi connectivity index (χ0v) is 27.4. The summed E-state index contributed by atoms with van der Waals surface area (Å²) < 4.78 is 87.4. The van der Waals surface area contributed by atoms with Crippen molar-refractivity contribution in [2.45, 2.75) is 94.1 Å². The molecule has 0 spiro atoms. The van der Waals surface area contributed by atoms with Crippen molar-refractivity contribution in [3.8, 4) is 0 Å². The van der Waals surface area contributed by atoms with E-state index in [0.29, 0.717) is 5.71 Å². The molecule has 0 radical (unpaired) electrons. The fourth-order valence-corrected chi connectivity index (χ4v) is 6.78. The number of hydrogen-bond donors (Lipinski definition) is 0. The van der Waals surface area contributed by atoms with Crippen LogP contribution in [0.15, 0.2) is 94.8 Å². The Hall–Kier alpha value is -3.57. The average Bonchev–Trinajstić information content (AvgIpc) is 3.04. The quantitative estimate of drug-likeness (QED) is 0.0983. The Balaban J connectivity index is 0.000000229. The van der Waals surface area contributed by atoms with E-state index in [-0.39, 0.29) is 68.8 Å². The molecule has 0 aliphatic heterocycles. The van der Waals surface area contributed by atoms with Crippen molar-refractivity contribution in [1.29, 1.82) is 0 Å². The predicted octanol–water partition coefficient (Wildman–Crippen LogP) is 8.56. The lowest BCUT2D eigenvalue weighted by molar-refractivity contribution is -0.147. The number of carbonyl (C=O) groups excluding carboxylic acids is 1.